The molecule has 0 unspecified atom stereocenters. The molecule has 7 nitrogen and oxygen atoms in total. The number of anilines is 1. The van der Waals surface area contributed by atoms with E-state index in [4.69, 9.17) is 5.84 Å². The fourth-order valence-corrected chi connectivity index (χ4v) is 4.54. The van der Waals surface area contributed by atoms with E-state index in [-0.39, 0.29) is 16.9 Å². The van der Waals surface area contributed by atoms with Gasteiger partial charge in [0.2, 0.25) is 5.03 Å². The van der Waals surface area contributed by atoms with Crippen LogP contribution in [0.15, 0.2) is 29.4 Å². The summed E-state index contributed by atoms with van der Waals surface area (Å²) in [6, 6.07) is 5.37. The minimum Gasteiger partial charge on any atom is -0.306 e. The average molecular weight is 309 g/mol. The van der Waals surface area contributed by atoms with Crippen molar-refractivity contribution in [2.24, 2.45) is 5.84 Å². The van der Waals surface area contributed by atoms with Gasteiger partial charge in [-0.1, -0.05) is 18.9 Å². The molecule has 2 aromatic heterocycles. The number of hydrogen-bond donors (Lipinski definition) is 2. The zero-order valence-electron chi connectivity index (χ0n) is 11.9. The summed E-state index contributed by atoms with van der Waals surface area (Å²) in [6.07, 6.45) is 5.62. The molecule has 1 aliphatic rings. The molecule has 2 aromatic rings. The van der Waals surface area contributed by atoms with Gasteiger partial charge in [-0.15, -0.1) is 0 Å². The van der Waals surface area contributed by atoms with Crippen LogP contribution >= 0.6 is 0 Å². The number of fused-ring (bicyclic) bond motifs is 1. The maximum Gasteiger partial charge on any atom is 0.262 e. The van der Waals surface area contributed by atoms with E-state index in [0.717, 1.165) is 25.7 Å². The van der Waals surface area contributed by atoms with Gasteiger partial charge >= 0.3 is 0 Å². The van der Waals surface area contributed by atoms with E-state index in [9.17, 15) is 8.42 Å². The highest BCUT2D eigenvalue weighted by Crippen LogP contribution is 2.30. The number of sulfonamides is 1. The summed E-state index contributed by atoms with van der Waals surface area (Å²) in [7, 11) is -2.02. The second kappa shape index (κ2) is 5.28. The maximum atomic E-state index is 12.9. The topological polar surface area (TPSA) is 92.7 Å². The molecular weight excluding hydrogens is 290 g/mol. The van der Waals surface area contributed by atoms with Crippen LogP contribution in [0.1, 0.15) is 25.7 Å². The quantitative estimate of drug-likeness (QED) is 0.653. The zero-order valence-corrected chi connectivity index (χ0v) is 12.7. The molecule has 0 aliphatic heterocycles. The Morgan fingerprint density at radius 2 is 2.10 bits per heavy atom. The first-order chi connectivity index (χ1) is 10.1. The van der Waals surface area contributed by atoms with E-state index in [0.29, 0.717) is 5.65 Å². The molecule has 21 heavy (non-hydrogen) atoms. The third-order valence-electron chi connectivity index (χ3n) is 4.09. The Labute approximate surface area is 123 Å². The van der Waals surface area contributed by atoms with Crippen molar-refractivity contribution in [3.8, 4) is 0 Å². The van der Waals surface area contributed by atoms with Gasteiger partial charge in [-0.25, -0.2) is 19.2 Å². The number of hydrogen-bond acceptors (Lipinski definition) is 5. The van der Waals surface area contributed by atoms with Gasteiger partial charge in [-0.3, -0.25) is 4.40 Å². The van der Waals surface area contributed by atoms with E-state index in [2.05, 4.69) is 10.4 Å². The molecule has 114 valence electrons. The van der Waals surface area contributed by atoms with Gasteiger partial charge in [0.25, 0.3) is 10.0 Å². The molecule has 8 heteroatoms. The Morgan fingerprint density at radius 1 is 1.38 bits per heavy atom. The van der Waals surface area contributed by atoms with Gasteiger partial charge < -0.3 is 5.43 Å². The molecule has 2 heterocycles. The average Bonchev–Trinajstić information content (AvgIpc) is 3.13. The standard InChI is InChI=1S/C13H19N5O2S/c1-17(10-6-2-3-7-10)21(19,20)13-12(16-14)15-11-8-4-5-9-18(11)13/h4-5,8-10,16H,2-3,6-7,14H2,1H3. The molecule has 0 radical (unpaired) electrons. The number of nitrogens with two attached hydrogens (primary N) is 1. The highest BCUT2D eigenvalue weighted by atomic mass is 32.2. The van der Waals surface area contributed by atoms with Gasteiger partial charge in [0.1, 0.15) is 5.65 Å². The molecule has 1 saturated carbocycles. The molecule has 0 spiro atoms. The van der Waals surface area contributed by atoms with Crippen LogP contribution in [0.5, 0.6) is 0 Å². The number of rotatable bonds is 4. The van der Waals surface area contributed by atoms with Crippen LogP contribution in [0.4, 0.5) is 5.82 Å². The molecule has 0 bridgehead atoms. The lowest BCUT2D eigenvalue weighted by Crippen LogP contribution is -2.36. The third-order valence-corrected chi connectivity index (χ3v) is 6.02. The number of nitrogens with zero attached hydrogens (tertiary/aromatic N) is 3. The molecular formula is C13H19N5O2S. The summed E-state index contributed by atoms with van der Waals surface area (Å²) < 4.78 is 28.9. The highest BCUT2D eigenvalue weighted by Gasteiger charge is 2.34. The summed E-state index contributed by atoms with van der Waals surface area (Å²) >= 11 is 0. The van der Waals surface area contributed by atoms with Crippen molar-refractivity contribution >= 4 is 21.5 Å². The van der Waals surface area contributed by atoms with Gasteiger partial charge in [0, 0.05) is 19.3 Å². The fourth-order valence-electron chi connectivity index (χ4n) is 2.91. The smallest absolute Gasteiger partial charge is 0.262 e. The summed E-state index contributed by atoms with van der Waals surface area (Å²) in [4.78, 5) is 4.23. The summed E-state index contributed by atoms with van der Waals surface area (Å²) in [6.45, 7) is 0. The summed E-state index contributed by atoms with van der Waals surface area (Å²) in [5, 5.41) is 0.0926. The van der Waals surface area contributed by atoms with Gasteiger partial charge in [-0.2, -0.15) is 4.31 Å². The van der Waals surface area contributed by atoms with Crippen LogP contribution in [-0.4, -0.2) is 35.2 Å². The van der Waals surface area contributed by atoms with Crippen molar-refractivity contribution in [2.75, 3.05) is 12.5 Å². The van der Waals surface area contributed by atoms with Crippen LogP contribution in [-0.2, 0) is 10.0 Å². The van der Waals surface area contributed by atoms with Gasteiger partial charge in [-0.05, 0) is 25.0 Å². The van der Waals surface area contributed by atoms with Crippen LogP contribution in [0, 0.1) is 0 Å². The fraction of sp³-hybridized carbons (Fsp3) is 0.462. The van der Waals surface area contributed by atoms with E-state index in [1.807, 2.05) is 0 Å². The lowest BCUT2D eigenvalue weighted by Gasteiger charge is -2.23. The van der Waals surface area contributed by atoms with E-state index in [1.54, 1.807) is 35.8 Å². The Kier molecular flexibility index (Phi) is 3.60. The lowest BCUT2D eigenvalue weighted by atomic mass is 10.3. The van der Waals surface area contributed by atoms with E-state index < -0.39 is 10.0 Å². The highest BCUT2D eigenvalue weighted by molar-refractivity contribution is 7.89. The predicted octanol–water partition coefficient (Wildman–Crippen LogP) is 1.18. The number of pyridine rings is 1. The van der Waals surface area contributed by atoms with Crippen molar-refractivity contribution in [2.45, 2.75) is 36.8 Å². The van der Waals surface area contributed by atoms with Crippen molar-refractivity contribution in [1.82, 2.24) is 13.7 Å². The molecule has 0 atom stereocenters. The molecule has 0 saturated heterocycles. The molecule has 3 N–H and O–H groups in total. The maximum absolute atomic E-state index is 12.9. The first kappa shape index (κ1) is 14.3. The second-order valence-corrected chi connectivity index (χ2v) is 7.21. The monoisotopic (exact) mass is 309 g/mol. The number of imidazole rings is 1. The molecule has 1 aliphatic carbocycles. The molecule has 0 aromatic carbocycles. The summed E-state index contributed by atoms with van der Waals surface area (Å²) in [5.41, 5.74) is 2.94. The van der Waals surface area contributed by atoms with Crippen molar-refractivity contribution < 1.29 is 8.42 Å². The number of nitrogens with one attached hydrogen (secondary N) is 1. The van der Waals surface area contributed by atoms with E-state index in [1.165, 1.54) is 4.31 Å². The Morgan fingerprint density at radius 3 is 2.76 bits per heavy atom. The van der Waals surface area contributed by atoms with Crippen LogP contribution in [0.2, 0.25) is 0 Å². The van der Waals surface area contributed by atoms with Crippen LogP contribution in [0.25, 0.3) is 5.65 Å². The van der Waals surface area contributed by atoms with Crippen LogP contribution < -0.4 is 11.3 Å². The molecule has 1 fully saturated rings. The van der Waals surface area contributed by atoms with Gasteiger partial charge in [0.15, 0.2) is 5.82 Å². The van der Waals surface area contributed by atoms with Gasteiger partial charge in [0.05, 0.1) is 0 Å². The van der Waals surface area contributed by atoms with E-state index >= 15 is 0 Å². The minimum absolute atomic E-state index is 0.0508. The lowest BCUT2D eigenvalue weighted by molar-refractivity contribution is 0.371. The molecule has 3 rings (SSSR count). The number of aromatic nitrogens is 2. The Bertz CT molecular complexity index is 749. The van der Waals surface area contributed by atoms with Crippen molar-refractivity contribution in [1.29, 1.82) is 0 Å². The second-order valence-electron chi connectivity index (χ2n) is 5.30. The first-order valence-corrected chi connectivity index (χ1v) is 8.41. The number of nitrogen functional groups attached to an aromatic ring is 1. The SMILES string of the molecule is CN(C1CCCC1)S(=O)(=O)c1c(NN)nc2ccccn12. The largest absolute Gasteiger partial charge is 0.306 e. The zero-order chi connectivity index (χ0) is 15.0. The van der Waals surface area contributed by atoms with Crippen molar-refractivity contribution in [3.63, 3.8) is 0 Å². The first-order valence-electron chi connectivity index (χ1n) is 6.97. The predicted molar refractivity (Wildman–Crippen MR) is 80.2 cm³/mol. The van der Waals surface area contributed by atoms with Crippen LogP contribution in [0.3, 0.4) is 0 Å². The van der Waals surface area contributed by atoms with Crippen molar-refractivity contribution in [3.05, 3.63) is 24.4 Å². The Balaban J connectivity index is 2.13. The molecule has 0 amide bonds. The number of hydrazine groups is 1. The summed E-state index contributed by atoms with van der Waals surface area (Å²) in [5.74, 6) is 5.63. The third kappa shape index (κ3) is 2.29. The minimum atomic E-state index is -3.66. The normalized spacial score (nSPS) is 16.9. The Hall–Kier alpha value is -1.64.